The molecule has 2 amide bonds. The average molecular weight is 425 g/mol. The molecule has 4 aliphatic rings. The fourth-order valence-electron chi connectivity index (χ4n) is 8.01. The number of rotatable bonds is 2. The fourth-order valence-corrected chi connectivity index (χ4v) is 8.01. The van der Waals surface area contributed by atoms with E-state index in [0.717, 1.165) is 44.2 Å². The second kappa shape index (κ2) is 7.18. The van der Waals surface area contributed by atoms with Crippen molar-refractivity contribution in [3.05, 3.63) is 42.2 Å². The summed E-state index contributed by atoms with van der Waals surface area (Å²) in [5, 5.41) is 3.14. The number of fused-ring (bicyclic) bond motifs is 5. The van der Waals surface area contributed by atoms with Gasteiger partial charge in [0.2, 0.25) is 5.91 Å². The molecule has 3 fully saturated rings. The van der Waals surface area contributed by atoms with Crippen LogP contribution in [-0.2, 0) is 9.59 Å². The van der Waals surface area contributed by atoms with Crippen LogP contribution in [0.25, 0.3) is 0 Å². The van der Waals surface area contributed by atoms with Gasteiger partial charge in [-0.25, -0.2) is 4.39 Å². The first-order valence-electron chi connectivity index (χ1n) is 11.8. The minimum atomic E-state index is -0.596. The molecule has 2 unspecified atom stereocenters. The lowest BCUT2D eigenvalue weighted by molar-refractivity contribution is -0.144. The Morgan fingerprint density at radius 2 is 1.81 bits per heavy atom. The van der Waals surface area contributed by atoms with Crippen LogP contribution in [0, 0.1) is 34.5 Å². The number of halogens is 1. The molecule has 0 saturated heterocycles. The van der Waals surface area contributed by atoms with E-state index >= 15 is 0 Å². The summed E-state index contributed by atoms with van der Waals surface area (Å²) >= 11 is 0. The number of nitrogens with one attached hydrogen (secondary N) is 1. The van der Waals surface area contributed by atoms with Crippen LogP contribution in [0.1, 0.15) is 52.4 Å². The molecule has 0 radical (unpaired) electrons. The fraction of sp³-hybridized carbons (Fsp3) is 0.615. The third-order valence-corrected chi connectivity index (χ3v) is 9.52. The molecule has 1 heterocycles. The van der Waals surface area contributed by atoms with Gasteiger partial charge in [-0.05, 0) is 79.9 Å². The molecule has 1 aromatic carbocycles. The number of amides is 2. The van der Waals surface area contributed by atoms with E-state index in [1.807, 2.05) is 30.3 Å². The first-order valence-corrected chi connectivity index (χ1v) is 11.8. The molecular weight excluding hydrogens is 391 g/mol. The lowest BCUT2D eigenvalue weighted by Gasteiger charge is -2.60. The summed E-state index contributed by atoms with van der Waals surface area (Å²) in [6, 6.07) is 9.79. The number of benzene rings is 1. The minimum absolute atomic E-state index is 0.0120. The van der Waals surface area contributed by atoms with Crippen molar-refractivity contribution in [3.8, 4) is 0 Å². The second-order valence-corrected chi connectivity index (χ2v) is 10.8. The predicted octanol–water partition coefficient (Wildman–Crippen LogP) is 5.18. The zero-order valence-electron chi connectivity index (χ0n) is 18.7. The van der Waals surface area contributed by atoms with E-state index < -0.39 is 11.7 Å². The molecule has 3 aliphatic carbocycles. The molecule has 166 valence electrons. The number of carbonyl (C=O) groups is 2. The summed E-state index contributed by atoms with van der Waals surface area (Å²) < 4.78 is 14.5. The summed E-state index contributed by atoms with van der Waals surface area (Å²) in [5.74, 6) is 0.425. The van der Waals surface area contributed by atoms with Gasteiger partial charge >= 0.3 is 0 Å². The quantitative estimate of drug-likeness (QED) is 0.711. The van der Waals surface area contributed by atoms with E-state index in [0.29, 0.717) is 17.8 Å². The van der Waals surface area contributed by atoms with E-state index in [2.05, 4.69) is 19.2 Å². The van der Waals surface area contributed by atoms with E-state index in [1.54, 1.807) is 18.0 Å². The molecular formula is C26H33FN2O2. The van der Waals surface area contributed by atoms with Crippen molar-refractivity contribution in [2.45, 2.75) is 58.4 Å². The molecule has 3 saturated carbocycles. The lowest BCUT2D eigenvalue weighted by Crippen LogP contribution is -2.60. The van der Waals surface area contributed by atoms with Crippen LogP contribution in [0.4, 0.5) is 10.1 Å². The van der Waals surface area contributed by atoms with Crippen molar-refractivity contribution in [1.82, 2.24) is 4.90 Å². The van der Waals surface area contributed by atoms with Crippen LogP contribution in [0.5, 0.6) is 0 Å². The highest BCUT2D eigenvalue weighted by molar-refractivity contribution is 5.93. The number of hydrogen-bond acceptors (Lipinski definition) is 2. The third-order valence-electron chi connectivity index (χ3n) is 9.52. The summed E-state index contributed by atoms with van der Waals surface area (Å²) in [5.41, 5.74) is 0.528. The van der Waals surface area contributed by atoms with E-state index in [1.165, 1.54) is 0 Å². The van der Waals surface area contributed by atoms with E-state index in [9.17, 15) is 14.0 Å². The summed E-state index contributed by atoms with van der Waals surface area (Å²) in [4.78, 5) is 27.1. The Morgan fingerprint density at radius 1 is 1.06 bits per heavy atom. The molecule has 1 aromatic rings. The van der Waals surface area contributed by atoms with Gasteiger partial charge in [0.25, 0.3) is 5.91 Å². The highest BCUT2D eigenvalue weighted by Gasteiger charge is 2.62. The summed E-state index contributed by atoms with van der Waals surface area (Å²) in [7, 11) is 1.75. The first kappa shape index (κ1) is 20.7. The summed E-state index contributed by atoms with van der Waals surface area (Å²) in [6.45, 7) is 4.48. The first-order chi connectivity index (χ1) is 14.8. The number of carbonyl (C=O) groups excluding carboxylic acids is 2. The Kier molecular flexibility index (Phi) is 4.80. The number of nitrogens with zero attached hydrogens (tertiary/aromatic N) is 1. The van der Waals surface area contributed by atoms with E-state index in [-0.39, 0.29) is 28.7 Å². The van der Waals surface area contributed by atoms with Crippen LogP contribution in [0.2, 0.25) is 0 Å². The van der Waals surface area contributed by atoms with Crippen LogP contribution in [-0.4, -0.2) is 29.8 Å². The van der Waals surface area contributed by atoms with Gasteiger partial charge < -0.3 is 10.2 Å². The maximum atomic E-state index is 14.5. The van der Waals surface area contributed by atoms with Crippen molar-refractivity contribution in [2.24, 2.45) is 34.5 Å². The number of hydrogen-bond donors (Lipinski definition) is 1. The molecule has 5 heteroatoms. The molecule has 1 aliphatic heterocycles. The lowest BCUT2D eigenvalue weighted by atomic mass is 9.47. The third kappa shape index (κ3) is 2.99. The van der Waals surface area contributed by atoms with Crippen LogP contribution < -0.4 is 5.32 Å². The van der Waals surface area contributed by atoms with Gasteiger partial charge in [0.05, 0.1) is 0 Å². The molecule has 7 atom stereocenters. The Morgan fingerprint density at radius 3 is 2.55 bits per heavy atom. The number of likely N-dealkylation sites (N-methyl/N-ethyl adjacent to an activating group) is 1. The van der Waals surface area contributed by atoms with E-state index in [4.69, 9.17) is 0 Å². The smallest absolute Gasteiger partial charge is 0.282 e. The van der Waals surface area contributed by atoms with Crippen LogP contribution >= 0.6 is 0 Å². The SMILES string of the molecule is CN1C(=O)C(F)=C[C@@]2(C)C1CC[C@@H]1[C@H]2CC[C@]2(C)C(C(=O)Nc3ccccc3)CC[C@@H]12. The van der Waals surface area contributed by atoms with Gasteiger partial charge in [-0.2, -0.15) is 0 Å². The molecule has 31 heavy (non-hydrogen) atoms. The van der Waals surface area contributed by atoms with Gasteiger partial charge in [0, 0.05) is 30.1 Å². The maximum Gasteiger partial charge on any atom is 0.282 e. The zero-order valence-corrected chi connectivity index (χ0v) is 18.7. The van der Waals surface area contributed by atoms with Crippen molar-refractivity contribution in [1.29, 1.82) is 0 Å². The van der Waals surface area contributed by atoms with Crippen molar-refractivity contribution < 1.29 is 14.0 Å². The van der Waals surface area contributed by atoms with Gasteiger partial charge in [0.1, 0.15) is 0 Å². The molecule has 0 aromatic heterocycles. The number of para-hydroxylation sites is 1. The monoisotopic (exact) mass is 424 g/mol. The Hall–Kier alpha value is -2.17. The molecule has 0 spiro atoms. The average Bonchev–Trinajstić information content (AvgIpc) is 3.10. The van der Waals surface area contributed by atoms with Gasteiger partial charge in [-0.3, -0.25) is 9.59 Å². The number of anilines is 1. The van der Waals surface area contributed by atoms with Crippen molar-refractivity contribution in [2.75, 3.05) is 12.4 Å². The molecule has 5 rings (SSSR count). The Balaban J connectivity index is 1.40. The predicted molar refractivity (Wildman–Crippen MR) is 119 cm³/mol. The Labute approximate surface area is 184 Å². The maximum absolute atomic E-state index is 14.5. The minimum Gasteiger partial charge on any atom is -0.336 e. The molecule has 0 bridgehead atoms. The van der Waals surface area contributed by atoms with Gasteiger partial charge in [-0.1, -0.05) is 32.0 Å². The van der Waals surface area contributed by atoms with Crippen molar-refractivity contribution in [3.63, 3.8) is 0 Å². The van der Waals surface area contributed by atoms with Crippen LogP contribution in [0.15, 0.2) is 42.2 Å². The molecule has 1 N–H and O–H groups in total. The standard InChI is InChI=1S/C26H33FN2O2/c1-25-14-13-19-17(9-12-22-26(19,2)15-21(27)24(31)29(22)3)18(25)10-11-20(25)23(30)28-16-7-5-4-6-8-16/h4-8,15,17-20,22H,9-14H2,1-3H3,(H,28,30)/t17-,18-,19+,20?,22?,25-,26+/m0/s1. The normalized spacial score (nSPS) is 41.7. The molecule has 4 nitrogen and oxygen atoms in total. The highest BCUT2D eigenvalue weighted by atomic mass is 19.1. The largest absolute Gasteiger partial charge is 0.336 e. The second-order valence-electron chi connectivity index (χ2n) is 10.8. The van der Waals surface area contributed by atoms with Gasteiger partial charge in [-0.15, -0.1) is 0 Å². The highest BCUT2D eigenvalue weighted by Crippen LogP contribution is 2.65. The topological polar surface area (TPSA) is 49.4 Å². The van der Waals surface area contributed by atoms with Crippen molar-refractivity contribution >= 4 is 17.5 Å². The Bertz CT molecular complexity index is 931. The zero-order chi connectivity index (χ0) is 22.0. The van der Waals surface area contributed by atoms with Crippen LogP contribution in [0.3, 0.4) is 0 Å². The van der Waals surface area contributed by atoms with Gasteiger partial charge in [0.15, 0.2) is 5.83 Å². The summed E-state index contributed by atoms with van der Waals surface area (Å²) in [6.07, 6.45) is 7.58.